The first kappa shape index (κ1) is 16.5. The number of anilines is 1. The van der Waals surface area contributed by atoms with Crippen LogP contribution in [-0.2, 0) is 0 Å². The van der Waals surface area contributed by atoms with Crippen molar-refractivity contribution in [3.05, 3.63) is 91.0 Å². The Kier molecular flexibility index (Phi) is 4.37. The van der Waals surface area contributed by atoms with Crippen LogP contribution in [0, 0.1) is 0 Å². The molecule has 1 amide bonds. The Balaban J connectivity index is 1.51. The largest absolute Gasteiger partial charge is 0.508 e. The number of hydrogen-bond donors (Lipinski definition) is 2. The van der Waals surface area contributed by atoms with Gasteiger partial charge in [-0.3, -0.25) is 4.79 Å². The summed E-state index contributed by atoms with van der Waals surface area (Å²) in [5.41, 5.74) is 2.64. The molecule has 0 spiro atoms. The molecule has 0 fully saturated rings. The summed E-state index contributed by atoms with van der Waals surface area (Å²) in [6.45, 7) is 0. The van der Waals surface area contributed by atoms with Crippen LogP contribution < -0.4 is 5.32 Å². The molecule has 0 saturated heterocycles. The molecule has 27 heavy (non-hydrogen) atoms. The molecule has 0 aliphatic carbocycles. The van der Waals surface area contributed by atoms with Crippen LogP contribution in [0.25, 0.3) is 17.1 Å². The quantitative estimate of drug-likeness (QED) is 0.581. The smallest absolute Gasteiger partial charge is 0.255 e. The Morgan fingerprint density at radius 1 is 0.926 bits per heavy atom. The van der Waals surface area contributed by atoms with Gasteiger partial charge in [0, 0.05) is 29.2 Å². The summed E-state index contributed by atoms with van der Waals surface area (Å²) in [5.74, 6) is 0.382. The van der Waals surface area contributed by atoms with E-state index >= 15 is 0 Å². The highest BCUT2D eigenvalue weighted by Crippen LogP contribution is 2.20. The van der Waals surface area contributed by atoms with Gasteiger partial charge in [0.1, 0.15) is 5.75 Å². The zero-order valence-electron chi connectivity index (χ0n) is 14.3. The molecule has 6 nitrogen and oxygen atoms in total. The first-order valence-corrected chi connectivity index (χ1v) is 8.35. The van der Waals surface area contributed by atoms with Crippen LogP contribution in [0.4, 0.5) is 5.69 Å². The molecule has 6 heteroatoms. The van der Waals surface area contributed by atoms with Crippen LogP contribution in [0.2, 0.25) is 0 Å². The number of aromatic nitrogens is 3. The third-order valence-corrected chi connectivity index (χ3v) is 4.02. The maximum absolute atomic E-state index is 12.5. The maximum Gasteiger partial charge on any atom is 0.255 e. The third kappa shape index (κ3) is 3.69. The van der Waals surface area contributed by atoms with Crippen molar-refractivity contribution < 1.29 is 9.90 Å². The van der Waals surface area contributed by atoms with Gasteiger partial charge in [-0.15, -0.1) is 0 Å². The Morgan fingerprint density at radius 3 is 2.41 bits per heavy atom. The van der Waals surface area contributed by atoms with E-state index in [1.54, 1.807) is 42.7 Å². The van der Waals surface area contributed by atoms with E-state index in [1.807, 2.05) is 47.3 Å². The van der Waals surface area contributed by atoms with Crippen LogP contribution in [0.3, 0.4) is 0 Å². The fourth-order valence-electron chi connectivity index (χ4n) is 2.70. The maximum atomic E-state index is 12.5. The fraction of sp³-hybridized carbons (Fsp3) is 0. The number of phenols is 1. The van der Waals surface area contributed by atoms with Crippen molar-refractivity contribution in [1.29, 1.82) is 0 Å². The Hall–Kier alpha value is -3.93. The van der Waals surface area contributed by atoms with Gasteiger partial charge in [-0.05, 0) is 42.5 Å². The molecule has 0 aliphatic rings. The molecule has 0 aliphatic heterocycles. The molecule has 2 aromatic heterocycles. The molecule has 0 radical (unpaired) electrons. The molecular formula is C21H16N4O2. The molecule has 2 heterocycles. The van der Waals surface area contributed by atoms with Gasteiger partial charge in [-0.1, -0.05) is 18.2 Å². The van der Waals surface area contributed by atoms with E-state index in [0.29, 0.717) is 22.6 Å². The highest BCUT2D eigenvalue weighted by Gasteiger charge is 2.09. The predicted octanol–water partition coefficient (Wildman–Crippen LogP) is 3.89. The van der Waals surface area contributed by atoms with Gasteiger partial charge >= 0.3 is 0 Å². The average molecular weight is 356 g/mol. The first-order valence-electron chi connectivity index (χ1n) is 8.35. The number of benzene rings is 2. The molecule has 4 rings (SSSR count). The Bertz CT molecular complexity index is 1070. The van der Waals surface area contributed by atoms with Crippen molar-refractivity contribution in [2.45, 2.75) is 0 Å². The molecule has 2 aromatic carbocycles. The second kappa shape index (κ2) is 7.13. The molecule has 132 valence electrons. The van der Waals surface area contributed by atoms with Crippen LogP contribution >= 0.6 is 0 Å². The lowest BCUT2D eigenvalue weighted by molar-refractivity contribution is 0.102. The summed E-state index contributed by atoms with van der Waals surface area (Å²) in [4.78, 5) is 21.0. The zero-order chi connectivity index (χ0) is 18.6. The lowest BCUT2D eigenvalue weighted by Crippen LogP contribution is -2.12. The van der Waals surface area contributed by atoms with Gasteiger partial charge in [0.05, 0.1) is 18.1 Å². The van der Waals surface area contributed by atoms with Gasteiger partial charge in [0.15, 0.2) is 5.82 Å². The number of phenolic OH excluding ortho intramolecular Hbond substituents is 1. The van der Waals surface area contributed by atoms with Gasteiger partial charge in [-0.25, -0.2) is 9.97 Å². The summed E-state index contributed by atoms with van der Waals surface area (Å²) in [7, 11) is 0. The number of nitrogens with one attached hydrogen (secondary N) is 1. The van der Waals surface area contributed by atoms with Crippen molar-refractivity contribution in [2.75, 3.05) is 5.32 Å². The molecule has 4 aromatic rings. The third-order valence-electron chi connectivity index (χ3n) is 4.02. The number of aromatic hydroxyl groups is 1. The van der Waals surface area contributed by atoms with Gasteiger partial charge in [-0.2, -0.15) is 0 Å². The number of carbonyl (C=O) groups excluding carboxylic acids is 1. The monoisotopic (exact) mass is 356 g/mol. The van der Waals surface area contributed by atoms with Crippen molar-refractivity contribution >= 4 is 11.6 Å². The first-order chi connectivity index (χ1) is 13.2. The number of nitrogens with zero attached hydrogens (tertiary/aromatic N) is 3. The van der Waals surface area contributed by atoms with E-state index in [9.17, 15) is 9.90 Å². The number of amides is 1. The van der Waals surface area contributed by atoms with E-state index in [0.717, 1.165) is 5.69 Å². The van der Waals surface area contributed by atoms with Gasteiger partial charge in [0.25, 0.3) is 5.91 Å². The van der Waals surface area contributed by atoms with Crippen LogP contribution in [0.5, 0.6) is 5.75 Å². The van der Waals surface area contributed by atoms with E-state index < -0.39 is 0 Å². The van der Waals surface area contributed by atoms with E-state index in [4.69, 9.17) is 0 Å². The summed E-state index contributed by atoms with van der Waals surface area (Å²) in [5, 5.41) is 12.3. The van der Waals surface area contributed by atoms with Crippen molar-refractivity contribution in [2.24, 2.45) is 0 Å². The second-order valence-electron chi connectivity index (χ2n) is 5.94. The minimum absolute atomic E-state index is 0.149. The minimum Gasteiger partial charge on any atom is -0.508 e. The highest BCUT2D eigenvalue weighted by atomic mass is 16.3. The highest BCUT2D eigenvalue weighted by molar-refractivity contribution is 6.04. The Labute approximate surface area is 155 Å². The standard InChI is InChI=1S/C21H16N4O2/c26-19-8-4-5-15(12-19)20-22-13-17(14-23-20)24-21(27)16-6-3-7-18(11-16)25-9-1-2-10-25/h1-14,26H,(H,24,27). The van der Waals surface area contributed by atoms with Crippen molar-refractivity contribution in [1.82, 2.24) is 14.5 Å². The number of rotatable bonds is 4. The molecule has 0 atom stereocenters. The second-order valence-corrected chi connectivity index (χ2v) is 5.94. The zero-order valence-corrected chi connectivity index (χ0v) is 14.3. The molecule has 2 N–H and O–H groups in total. The van der Waals surface area contributed by atoms with E-state index in [-0.39, 0.29) is 11.7 Å². The summed E-state index contributed by atoms with van der Waals surface area (Å²) < 4.78 is 1.93. The fourth-order valence-corrected chi connectivity index (χ4v) is 2.70. The Morgan fingerprint density at radius 2 is 1.67 bits per heavy atom. The van der Waals surface area contributed by atoms with Crippen molar-refractivity contribution in [3.8, 4) is 22.8 Å². The lowest BCUT2D eigenvalue weighted by atomic mass is 10.2. The van der Waals surface area contributed by atoms with Gasteiger partial charge < -0.3 is 15.0 Å². The summed E-state index contributed by atoms with van der Waals surface area (Å²) in [6.07, 6.45) is 6.93. The summed E-state index contributed by atoms with van der Waals surface area (Å²) >= 11 is 0. The number of carbonyl (C=O) groups is 1. The van der Waals surface area contributed by atoms with Gasteiger partial charge in [0.2, 0.25) is 0 Å². The lowest BCUT2D eigenvalue weighted by Gasteiger charge is -2.08. The molecular weight excluding hydrogens is 340 g/mol. The van der Waals surface area contributed by atoms with Crippen molar-refractivity contribution in [3.63, 3.8) is 0 Å². The average Bonchev–Trinajstić information content (AvgIpc) is 3.24. The van der Waals surface area contributed by atoms with E-state index in [1.165, 1.54) is 0 Å². The van der Waals surface area contributed by atoms with Crippen LogP contribution in [0.1, 0.15) is 10.4 Å². The normalized spacial score (nSPS) is 10.5. The SMILES string of the molecule is O=C(Nc1cnc(-c2cccc(O)c2)nc1)c1cccc(-n2cccc2)c1. The predicted molar refractivity (Wildman–Crippen MR) is 103 cm³/mol. The molecule has 0 unspecified atom stereocenters. The number of hydrogen-bond acceptors (Lipinski definition) is 4. The van der Waals surface area contributed by atoms with Crippen LogP contribution in [0.15, 0.2) is 85.5 Å². The van der Waals surface area contributed by atoms with E-state index in [2.05, 4.69) is 15.3 Å². The molecule has 0 saturated carbocycles. The summed E-state index contributed by atoms with van der Waals surface area (Å²) in [6, 6.07) is 17.9. The minimum atomic E-state index is -0.238. The molecule has 0 bridgehead atoms. The van der Waals surface area contributed by atoms with Crippen LogP contribution in [-0.4, -0.2) is 25.5 Å². The topological polar surface area (TPSA) is 80.0 Å².